The molecule has 2 heterocycles. The summed E-state index contributed by atoms with van der Waals surface area (Å²) in [5, 5.41) is 7.37. The van der Waals surface area contributed by atoms with Gasteiger partial charge in [-0.05, 0) is 25.6 Å². The summed E-state index contributed by atoms with van der Waals surface area (Å²) in [6.45, 7) is 5.47. The zero-order valence-electron chi connectivity index (χ0n) is 11.2. The van der Waals surface area contributed by atoms with Gasteiger partial charge in [0.05, 0.1) is 11.7 Å². The summed E-state index contributed by atoms with van der Waals surface area (Å²) in [4.78, 5) is 8.36. The van der Waals surface area contributed by atoms with Gasteiger partial charge < -0.3 is 5.32 Å². The Labute approximate surface area is 111 Å². The van der Waals surface area contributed by atoms with Crippen molar-refractivity contribution in [1.82, 2.24) is 25.1 Å². The smallest absolute Gasteiger partial charge is 0.146 e. The molecule has 1 atom stereocenters. The van der Waals surface area contributed by atoms with Gasteiger partial charge in [-0.25, -0.2) is 9.37 Å². The molecule has 2 rings (SSSR count). The molecule has 1 unspecified atom stereocenters. The highest BCUT2D eigenvalue weighted by atomic mass is 19.1. The van der Waals surface area contributed by atoms with Gasteiger partial charge in [0.2, 0.25) is 0 Å². The molecule has 2 aromatic heterocycles. The Balaban J connectivity index is 2.24. The van der Waals surface area contributed by atoms with Gasteiger partial charge in [-0.3, -0.25) is 9.67 Å². The minimum Gasteiger partial charge on any atom is -0.308 e. The lowest BCUT2D eigenvalue weighted by Gasteiger charge is -2.17. The second kappa shape index (κ2) is 6.38. The topological polar surface area (TPSA) is 55.6 Å². The van der Waals surface area contributed by atoms with Gasteiger partial charge in [0.15, 0.2) is 0 Å². The van der Waals surface area contributed by atoms with E-state index in [4.69, 9.17) is 0 Å². The third-order valence-corrected chi connectivity index (χ3v) is 2.95. The highest BCUT2D eigenvalue weighted by Gasteiger charge is 2.19. The predicted molar refractivity (Wildman–Crippen MR) is 70.0 cm³/mol. The summed E-state index contributed by atoms with van der Waals surface area (Å²) in [5.41, 5.74) is 0.426. The van der Waals surface area contributed by atoms with Gasteiger partial charge in [0, 0.05) is 19.2 Å². The molecule has 19 heavy (non-hydrogen) atoms. The van der Waals surface area contributed by atoms with Crippen LogP contribution in [0.25, 0.3) is 0 Å². The van der Waals surface area contributed by atoms with Crippen LogP contribution in [0.15, 0.2) is 24.7 Å². The summed E-state index contributed by atoms with van der Waals surface area (Å²) in [7, 11) is 0. The summed E-state index contributed by atoms with van der Waals surface area (Å²) < 4.78 is 15.6. The minimum atomic E-state index is -0.295. The van der Waals surface area contributed by atoms with Crippen LogP contribution in [0.3, 0.4) is 0 Å². The summed E-state index contributed by atoms with van der Waals surface area (Å²) in [6.07, 6.45) is 3.69. The standard InChI is InChI=1S/C13H18FN5/c1-3-15-11(13-10(14)6-5-7-16-13)8-12-17-9-18-19(12)4-2/h5-7,9,11,15H,3-4,8H2,1-2H3. The highest BCUT2D eigenvalue weighted by molar-refractivity contribution is 5.13. The fourth-order valence-electron chi connectivity index (χ4n) is 2.06. The van der Waals surface area contributed by atoms with Crippen molar-refractivity contribution >= 4 is 0 Å². The average molecular weight is 263 g/mol. The molecule has 0 fully saturated rings. The van der Waals surface area contributed by atoms with Crippen LogP contribution in [-0.4, -0.2) is 26.3 Å². The third-order valence-electron chi connectivity index (χ3n) is 2.95. The molecular weight excluding hydrogens is 245 g/mol. The van der Waals surface area contributed by atoms with E-state index in [1.165, 1.54) is 12.4 Å². The van der Waals surface area contributed by atoms with Crippen LogP contribution in [0.2, 0.25) is 0 Å². The number of hydrogen-bond acceptors (Lipinski definition) is 4. The largest absolute Gasteiger partial charge is 0.308 e. The summed E-state index contributed by atoms with van der Waals surface area (Å²) in [5.74, 6) is 0.537. The van der Waals surface area contributed by atoms with Crippen molar-refractivity contribution < 1.29 is 4.39 Å². The third kappa shape index (κ3) is 3.14. The first-order chi connectivity index (χ1) is 9.26. The predicted octanol–water partition coefficient (Wildman–Crippen LogP) is 1.73. The summed E-state index contributed by atoms with van der Waals surface area (Å²) >= 11 is 0. The van der Waals surface area contributed by atoms with Crippen LogP contribution in [0.5, 0.6) is 0 Å². The second-order valence-corrected chi connectivity index (χ2v) is 4.18. The molecule has 0 spiro atoms. The molecule has 0 aliphatic rings. The van der Waals surface area contributed by atoms with Crippen molar-refractivity contribution in [3.8, 4) is 0 Å². The molecule has 0 aromatic carbocycles. The normalized spacial score (nSPS) is 12.6. The molecule has 0 aliphatic carbocycles. The number of nitrogens with one attached hydrogen (secondary N) is 1. The molecule has 5 nitrogen and oxygen atoms in total. The Hall–Kier alpha value is -1.82. The molecule has 0 radical (unpaired) electrons. The first-order valence-electron chi connectivity index (χ1n) is 6.46. The molecule has 6 heteroatoms. The number of aryl methyl sites for hydroxylation is 1. The van der Waals surface area contributed by atoms with Crippen LogP contribution in [-0.2, 0) is 13.0 Å². The van der Waals surface area contributed by atoms with Crippen molar-refractivity contribution in [2.75, 3.05) is 6.54 Å². The number of rotatable bonds is 6. The van der Waals surface area contributed by atoms with Crippen LogP contribution in [0.1, 0.15) is 31.4 Å². The van der Waals surface area contributed by atoms with Gasteiger partial charge in [0.25, 0.3) is 0 Å². The number of pyridine rings is 1. The van der Waals surface area contributed by atoms with E-state index in [-0.39, 0.29) is 11.9 Å². The van der Waals surface area contributed by atoms with Crippen molar-refractivity contribution in [3.63, 3.8) is 0 Å². The molecule has 2 aromatic rings. The van der Waals surface area contributed by atoms with Crippen LogP contribution >= 0.6 is 0 Å². The SMILES string of the molecule is CCNC(Cc1ncnn1CC)c1ncccc1F. The molecule has 0 amide bonds. The maximum absolute atomic E-state index is 13.8. The van der Waals surface area contributed by atoms with E-state index >= 15 is 0 Å². The number of likely N-dealkylation sites (N-methyl/N-ethyl adjacent to an activating group) is 1. The molecule has 102 valence electrons. The lowest BCUT2D eigenvalue weighted by molar-refractivity contribution is 0.472. The molecule has 0 saturated carbocycles. The van der Waals surface area contributed by atoms with E-state index in [1.807, 2.05) is 18.5 Å². The maximum atomic E-state index is 13.8. The van der Waals surface area contributed by atoms with E-state index in [9.17, 15) is 4.39 Å². The van der Waals surface area contributed by atoms with Gasteiger partial charge in [-0.1, -0.05) is 6.92 Å². The lowest BCUT2D eigenvalue weighted by atomic mass is 10.1. The van der Waals surface area contributed by atoms with Crippen molar-refractivity contribution in [2.45, 2.75) is 32.9 Å². The highest BCUT2D eigenvalue weighted by Crippen LogP contribution is 2.18. The number of nitrogens with zero attached hydrogens (tertiary/aromatic N) is 4. The van der Waals surface area contributed by atoms with E-state index in [0.717, 1.165) is 18.9 Å². The van der Waals surface area contributed by atoms with Gasteiger partial charge >= 0.3 is 0 Å². The van der Waals surface area contributed by atoms with Crippen molar-refractivity contribution in [1.29, 1.82) is 0 Å². The fourth-order valence-corrected chi connectivity index (χ4v) is 2.06. The zero-order valence-corrected chi connectivity index (χ0v) is 11.2. The van der Waals surface area contributed by atoms with Gasteiger partial charge in [0.1, 0.15) is 18.0 Å². The summed E-state index contributed by atoms with van der Waals surface area (Å²) in [6, 6.07) is 2.83. The number of halogens is 1. The quantitative estimate of drug-likeness (QED) is 0.862. The fraction of sp³-hybridized carbons (Fsp3) is 0.462. The first-order valence-corrected chi connectivity index (χ1v) is 6.46. The van der Waals surface area contributed by atoms with E-state index in [2.05, 4.69) is 20.4 Å². The van der Waals surface area contributed by atoms with E-state index < -0.39 is 0 Å². The minimum absolute atomic E-state index is 0.194. The monoisotopic (exact) mass is 263 g/mol. The maximum Gasteiger partial charge on any atom is 0.146 e. The Kier molecular flexibility index (Phi) is 4.57. The van der Waals surface area contributed by atoms with E-state index in [1.54, 1.807) is 12.3 Å². The molecular formula is C13H18FN5. The lowest BCUT2D eigenvalue weighted by Crippen LogP contribution is -2.26. The average Bonchev–Trinajstić information content (AvgIpc) is 2.86. The number of hydrogen-bond donors (Lipinski definition) is 1. The Morgan fingerprint density at radius 3 is 2.89 bits per heavy atom. The molecule has 1 N–H and O–H groups in total. The Morgan fingerprint density at radius 1 is 1.37 bits per heavy atom. The van der Waals surface area contributed by atoms with Crippen molar-refractivity contribution in [3.05, 3.63) is 42.0 Å². The van der Waals surface area contributed by atoms with Crippen LogP contribution in [0, 0.1) is 5.82 Å². The Bertz CT molecular complexity index is 525. The Morgan fingerprint density at radius 2 is 2.21 bits per heavy atom. The molecule has 0 bridgehead atoms. The van der Waals surface area contributed by atoms with Crippen LogP contribution in [0.4, 0.5) is 4.39 Å². The van der Waals surface area contributed by atoms with Crippen molar-refractivity contribution in [2.24, 2.45) is 0 Å². The second-order valence-electron chi connectivity index (χ2n) is 4.18. The number of aromatic nitrogens is 4. The van der Waals surface area contributed by atoms with Gasteiger partial charge in [-0.2, -0.15) is 5.10 Å². The first kappa shape index (κ1) is 13.6. The van der Waals surface area contributed by atoms with Gasteiger partial charge in [-0.15, -0.1) is 0 Å². The molecule has 0 saturated heterocycles. The molecule has 0 aliphatic heterocycles. The van der Waals surface area contributed by atoms with Crippen LogP contribution < -0.4 is 5.32 Å². The van der Waals surface area contributed by atoms with E-state index in [0.29, 0.717) is 12.1 Å². The zero-order chi connectivity index (χ0) is 13.7.